The van der Waals surface area contributed by atoms with Crippen LogP contribution in [0, 0.1) is 5.82 Å². The topological polar surface area (TPSA) is 149 Å². The van der Waals surface area contributed by atoms with Gasteiger partial charge in [0, 0.05) is 42.5 Å². The minimum Gasteiger partial charge on any atom is -0.496 e. The summed E-state index contributed by atoms with van der Waals surface area (Å²) in [6.07, 6.45) is -2.39. The second-order valence-electron chi connectivity index (χ2n) is 8.10. The lowest BCUT2D eigenvalue weighted by molar-refractivity contribution is -0.137. The number of alkyl halides is 3. The number of methoxy groups -OCH3 is 1. The van der Waals surface area contributed by atoms with E-state index in [0.29, 0.717) is 23.3 Å². The number of nitrogens with zero attached hydrogens (tertiary/aromatic N) is 2. The van der Waals surface area contributed by atoms with Gasteiger partial charge in [-0.15, -0.1) is 0 Å². The van der Waals surface area contributed by atoms with Gasteiger partial charge in [0.1, 0.15) is 11.6 Å². The quantitative estimate of drug-likeness (QED) is 0.364. The average molecular weight is 591 g/mol. The van der Waals surface area contributed by atoms with Crippen LogP contribution < -0.4 is 19.5 Å². The maximum atomic E-state index is 13.7. The van der Waals surface area contributed by atoms with Crippen molar-refractivity contribution in [1.29, 1.82) is 0 Å². The third-order valence-corrected chi connectivity index (χ3v) is 7.74. The molecule has 0 atom stereocenters. The number of halogens is 4. The fourth-order valence-electron chi connectivity index (χ4n) is 3.57. The summed E-state index contributed by atoms with van der Waals surface area (Å²) in [4.78, 5) is 17.4. The van der Waals surface area contributed by atoms with Gasteiger partial charge in [-0.05, 0) is 36.4 Å². The number of nitrogens with one attached hydrogen (secondary N) is 1. The number of hydrogen-bond acceptors (Lipinski definition) is 7. The Morgan fingerprint density at radius 1 is 1.08 bits per heavy atom. The van der Waals surface area contributed by atoms with E-state index in [9.17, 15) is 39.2 Å². The molecule has 1 aromatic heterocycles. The number of anilines is 1. The van der Waals surface area contributed by atoms with Crippen LogP contribution in [-0.2, 0) is 26.2 Å². The fourth-order valence-corrected chi connectivity index (χ4v) is 5.31. The van der Waals surface area contributed by atoms with Crippen LogP contribution in [0.25, 0.3) is 11.1 Å². The zero-order valence-electron chi connectivity index (χ0n) is 20.4. The molecule has 0 aliphatic carbocycles. The molecule has 3 aromatic rings. The van der Waals surface area contributed by atoms with E-state index in [4.69, 9.17) is 9.88 Å². The number of benzene rings is 2. The molecule has 39 heavy (non-hydrogen) atoms. The van der Waals surface area contributed by atoms with E-state index in [1.54, 1.807) is 4.72 Å². The molecular weight excluding hydrogens is 568 g/mol. The van der Waals surface area contributed by atoms with Crippen molar-refractivity contribution >= 4 is 31.6 Å². The van der Waals surface area contributed by atoms with E-state index in [0.717, 1.165) is 23.1 Å². The van der Waals surface area contributed by atoms with Gasteiger partial charge in [-0.2, -0.15) is 21.6 Å². The van der Waals surface area contributed by atoms with Crippen molar-refractivity contribution in [2.75, 3.05) is 31.4 Å². The molecule has 0 bridgehead atoms. The van der Waals surface area contributed by atoms with Gasteiger partial charge in [0.15, 0.2) is 9.84 Å². The van der Waals surface area contributed by atoms with Crippen LogP contribution in [0.15, 0.2) is 59.8 Å². The highest BCUT2D eigenvalue weighted by Gasteiger charge is 2.34. The standard InChI is InChI=1S/C23H22F4N4O6S2/c1-31(20-13-29-6-5-18(20)19-4-3-16(24)12-21(19)37-2)22(32)14-9-15(23(25,26)27)11-17(10-14)38(33,34)8-7-30-39(28,35)36/h3-6,9-13,30H,7-8H2,1-2H3,(H2,28,35,36). The van der Waals surface area contributed by atoms with Crippen LogP contribution in [0.1, 0.15) is 15.9 Å². The van der Waals surface area contributed by atoms with Crippen LogP contribution in [0.4, 0.5) is 23.2 Å². The Balaban J connectivity index is 2.08. The zero-order chi connectivity index (χ0) is 29.2. The summed E-state index contributed by atoms with van der Waals surface area (Å²) in [5, 5.41) is 4.75. The number of amides is 1. The lowest BCUT2D eigenvalue weighted by Gasteiger charge is -2.22. The molecule has 0 saturated carbocycles. The Hall–Kier alpha value is -3.60. The first-order valence-corrected chi connectivity index (χ1v) is 14.0. The first-order valence-electron chi connectivity index (χ1n) is 10.8. The number of pyridine rings is 1. The Kier molecular flexibility index (Phi) is 8.64. The van der Waals surface area contributed by atoms with Crippen molar-refractivity contribution in [1.82, 2.24) is 9.71 Å². The molecule has 3 rings (SSSR count). The Morgan fingerprint density at radius 3 is 2.38 bits per heavy atom. The summed E-state index contributed by atoms with van der Waals surface area (Å²) >= 11 is 0. The molecule has 3 N–H and O–H groups in total. The number of nitrogens with two attached hydrogens (primary N) is 1. The SMILES string of the molecule is COc1cc(F)ccc1-c1ccncc1N(C)C(=O)c1cc(C(F)(F)F)cc(S(=O)(=O)CCNS(N)(=O)=O)c1. The van der Waals surface area contributed by atoms with Crippen LogP contribution in [0.5, 0.6) is 5.75 Å². The molecule has 1 heterocycles. The van der Waals surface area contributed by atoms with Crippen molar-refractivity contribution in [2.45, 2.75) is 11.1 Å². The predicted molar refractivity (Wildman–Crippen MR) is 134 cm³/mol. The molecule has 10 nitrogen and oxygen atoms in total. The molecule has 2 aromatic carbocycles. The number of carbonyl (C=O) groups is 1. The summed E-state index contributed by atoms with van der Waals surface area (Å²) in [5.41, 5.74) is -1.25. The smallest absolute Gasteiger partial charge is 0.416 e. The van der Waals surface area contributed by atoms with E-state index >= 15 is 0 Å². The molecule has 0 unspecified atom stereocenters. The normalized spacial score (nSPS) is 12.3. The molecule has 0 aliphatic heterocycles. The lowest BCUT2D eigenvalue weighted by atomic mass is 10.0. The highest BCUT2D eigenvalue weighted by Crippen LogP contribution is 2.37. The first kappa shape index (κ1) is 29.9. The van der Waals surface area contributed by atoms with E-state index in [2.05, 4.69) is 4.98 Å². The van der Waals surface area contributed by atoms with Crippen LogP contribution in [-0.4, -0.2) is 54.2 Å². The van der Waals surface area contributed by atoms with Crippen molar-refractivity contribution in [2.24, 2.45) is 5.14 Å². The Bertz CT molecular complexity index is 1610. The largest absolute Gasteiger partial charge is 0.496 e. The molecule has 0 spiro atoms. The number of ether oxygens (including phenoxy) is 1. The zero-order valence-corrected chi connectivity index (χ0v) is 22.0. The van der Waals surface area contributed by atoms with Gasteiger partial charge in [-0.1, -0.05) is 0 Å². The monoisotopic (exact) mass is 590 g/mol. The lowest BCUT2D eigenvalue weighted by Crippen LogP contribution is -2.34. The second kappa shape index (κ2) is 11.3. The van der Waals surface area contributed by atoms with E-state index in [1.807, 2.05) is 0 Å². The van der Waals surface area contributed by atoms with Crippen molar-refractivity contribution < 1.29 is 43.9 Å². The number of aromatic nitrogens is 1. The van der Waals surface area contributed by atoms with Crippen LogP contribution in [0.3, 0.4) is 0 Å². The number of hydrogen-bond donors (Lipinski definition) is 2. The maximum absolute atomic E-state index is 13.7. The number of sulfone groups is 1. The van der Waals surface area contributed by atoms with Crippen molar-refractivity contribution in [3.8, 4) is 16.9 Å². The molecule has 0 fully saturated rings. The summed E-state index contributed by atoms with van der Waals surface area (Å²) in [5.74, 6) is -2.42. The molecule has 210 valence electrons. The second-order valence-corrected chi connectivity index (χ2v) is 11.6. The Labute approximate surface area is 221 Å². The minimum atomic E-state index is -5.01. The summed E-state index contributed by atoms with van der Waals surface area (Å²) < 4.78 is 109. The van der Waals surface area contributed by atoms with E-state index in [-0.39, 0.29) is 11.4 Å². The Morgan fingerprint density at radius 2 is 1.77 bits per heavy atom. The predicted octanol–water partition coefficient (Wildman–Crippen LogP) is 2.76. The highest BCUT2D eigenvalue weighted by molar-refractivity contribution is 7.91. The molecule has 0 saturated heterocycles. The van der Waals surface area contributed by atoms with Gasteiger partial charge >= 0.3 is 6.18 Å². The van der Waals surface area contributed by atoms with Gasteiger partial charge in [0.05, 0.1) is 35.2 Å². The van der Waals surface area contributed by atoms with Crippen LogP contribution >= 0.6 is 0 Å². The van der Waals surface area contributed by atoms with Crippen molar-refractivity contribution in [3.05, 3.63) is 71.8 Å². The fraction of sp³-hybridized carbons (Fsp3) is 0.217. The summed E-state index contributed by atoms with van der Waals surface area (Å²) in [7, 11) is -6.20. The average Bonchev–Trinajstić information content (AvgIpc) is 2.86. The van der Waals surface area contributed by atoms with E-state index in [1.165, 1.54) is 38.7 Å². The third-order valence-electron chi connectivity index (χ3n) is 5.43. The maximum Gasteiger partial charge on any atom is 0.416 e. The number of carbonyl (C=O) groups excluding carboxylic acids is 1. The summed E-state index contributed by atoms with van der Waals surface area (Å²) in [6.45, 7) is -0.709. The summed E-state index contributed by atoms with van der Waals surface area (Å²) in [6, 6.07) is 6.73. The highest BCUT2D eigenvalue weighted by atomic mass is 32.2. The minimum absolute atomic E-state index is 0.103. The van der Waals surface area contributed by atoms with E-state index < -0.39 is 66.3 Å². The van der Waals surface area contributed by atoms with Crippen LogP contribution in [0.2, 0.25) is 0 Å². The van der Waals surface area contributed by atoms with Gasteiger partial charge in [-0.25, -0.2) is 22.7 Å². The molecule has 0 radical (unpaired) electrons. The third kappa shape index (κ3) is 7.29. The molecular formula is C23H22F4N4O6S2. The first-order chi connectivity index (χ1) is 18.0. The molecule has 1 amide bonds. The number of rotatable bonds is 9. The van der Waals surface area contributed by atoms with Gasteiger partial charge in [-0.3, -0.25) is 9.78 Å². The van der Waals surface area contributed by atoms with Gasteiger partial charge in [0.2, 0.25) is 0 Å². The molecule has 0 aliphatic rings. The van der Waals surface area contributed by atoms with Gasteiger partial charge < -0.3 is 9.64 Å². The molecule has 16 heteroatoms. The van der Waals surface area contributed by atoms with Crippen molar-refractivity contribution in [3.63, 3.8) is 0 Å². The van der Waals surface area contributed by atoms with Gasteiger partial charge in [0.25, 0.3) is 16.1 Å².